The van der Waals surface area contributed by atoms with Crippen molar-refractivity contribution in [3.63, 3.8) is 0 Å². The van der Waals surface area contributed by atoms with Gasteiger partial charge in [-0.3, -0.25) is 4.79 Å². The number of allylic oxidation sites excluding steroid dienone is 1. The number of esters is 1. The number of ether oxygens (including phenoxy) is 3. The summed E-state index contributed by atoms with van der Waals surface area (Å²) in [6, 6.07) is -2.03. The Morgan fingerprint density at radius 2 is 1.93 bits per heavy atom. The number of alkyl carbamates (subject to hydrolysis) is 1. The first kappa shape index (κ1) is 25.9. The number of hydrogen-bond donors (Lipinski definition) is 2. The molecule has 0 aromatic heterocycles. The number of nitrogens with one attached hydrogen (secondary N) is 1. The molecule has 1 saturated heterocycles. The van der Waals surface area contributed by atoms with Crippen LogP contribution in [0.1, 0.15) is 53.9 Å². The number of β-amino-alcohol motifs (C(OH)–C–C–N with tert-alkyl or cyclic N) is 1. The predicted octanol–water partition coefficient (Wildman–Crippen LogP) is 1.77. The molecule has 30 heavy (non-hydrogen) atoms. The van der Waals surface area contributed by atoms with Crippen LogP contribution in [0.5, 0.6) is 0 Å². The van der Waals surface area contributed by atoms with Gasteiger partial charge in [-0.2, -0.15) is 0 Å². The smallest absolute Gasteiger partial charge is 0.408 e. The number of rotatable bonds is 9. The van der Waals surface area contributed by atoms with Crippen LogP contribution in [0, 0.1) is 0 Å². The number of likely N-dealkylation sites (tertiary alicyclic amines) is 1. The fourth-order valence-corrected chi connectivity index (χ4v) is 3.28. The average molecular weight is 429 g/mol. The minimum atomic E-state index is -1.11. The highest BCUT2D eigenvalue weighted by molar-refractivity contribution is 5.90. The van der Waals surface area contributed by atoms with Crippen LogP contribution in [-0.4, -0.2) is 77.6 Å². The van der Waals surface area contributed by atoms with E-state index in [0.29, 0.717) is 6.42 Å². The Morgan fingerprint density at radius 3 is 2.47 bits per heavy atom. The molecule has 1 aliphatic heterocycles. The minimum absolute atomic E-state index is 0.0379. The second kappa shape index (κ2) is 11.3. The van der Waals surface area contributed by atoms with E-state index in [4.69, 9.17) is 14.2 Å². The predicted molar refractivity (Wildman–Crippen MR) is 111 cm³/mol. The van der Waals surface area contributed by atoms with Crippen molar-refractivity contribution in [2.45, 2.75) is 89.9 Å². The number of hydrogen-bond acceptors (Lipinski definition) is 7. The van der Waals surface area contributed by atoms with Gasteiger partial charge in [-0.1, -0.05) is 6.08 Å². The monoisotopic (exact) mass is 428 g/mol. The van der Waals surface area contributed by atoms with Crippen LogP contribution in [-0.2, 0) is 23.8 Å². The van der Waals surface area contributed by atoms with Gasteiger partial charge in [0.25, 0.3) is 0 Å². The molecule has 9 nitrogen and oxygen atoms in total. The molecule has 2 amide bonds. The maximum atomic E-state index is 13.3. The molecule has 0 aliphatic carbocycles. The molecule has 2 unspecified atom stereocenters. The zero-order valence-electron chi connectivity index (χ0n) is 18.8. The largest absolute Gasteiger partial charge is 0.467 e. The van der Waals surface area contributed by atoms with Gasteiger partial charge in [-0.05, 0) is 47.5 Å². The van der Waals surface area contributed by atoms with Crippen molar-refractivity contribution < 1.29 is 33.7 Å². The van der Waals surface area contributed by atoms with Crippen molar-refractivity contribution in [1.29, 1.82) is 0 Å². The lowest BCUT2D eigenvalue weighted by atomic mass is 10.1. The Kier molecular flexibility index (Phi) is 9.77. The first-order valence-electron chi connectivity index (χ1n) is 10.2. The van der Waals surface area contributed by atoms with E-state index < -0.39 is 47.9 Å². The van der Waals surface area contributed by atoms with Gasteiger partial charge in [-0.25, -0.2) is 9.59 Å². The molecular formula is C21H36N2O7. The fourth-order valence-electron chi connectivity index (χ4n) is 3.28. The molecule has 1 fully saturated rings. The Hall–Kier alpha value is -2.13. The van der Waals surface area contributed by atoms with E-state index in [9.17, 15) is 19.5 Å². The van der Waals surface area contributed by atoms with E-state index in [-0.39, 0.29) is 19.1 Å². The molecule has 5 atom stereocenters. The van der Waals surface area contributed by atoms with Crippen molar-refractivity contribution in [2.75, 3.05) is 13.7 Å². The van der Waals surface area contributed by atoms with Gasteiger partial charge >= 0.3 is 12.1 Å². The number of aliphatic hydroxyl groups excluding tert-OH is 1. The maximum Gasteiger partial charge on any atom is 0.408 e. The average Bonchev–Trinajstić information content (AvgIpc) is 3.03. The molecule has 0 aromatic rings. The van der Waals surface area contributed by atoms with Crippen molar-refractivity contribution in [2.24, 2.45) is 0 Å². The molecule has 1 heterocycles. The van der Waals surface area contributed by atoms with Gasteiger partial charge in [0.05, 0.1) is 25.4 Å². The lowest BCUT2D eigenvalue weighted by Crippen LogP contribution is -2.57. The topological polar surface area (TPSA) is 114 Å². The van der Waals surface area contributed by atoms with Gasteiger partial charge in [0.15, 0.2) is 0 Å². The van der Waals surface area contributed by atoms with Gasteiger partial charge in [-0.15, -0.1) is 6.58 Å². The van der Waals surface area contributed by atoms with E-state index in [1.807, 2.05) is 6.92 Å². The third-order valence-electron chi connectivity index (χ3n) is 4.67. The summed E-state index contributed by atoms with van der Waals surface area (Å²) in [6.45, 7) is 12.3. The summed E-state index contributed by atoms with van der Waals surface area (Å²) in [5.74, 6) is -1.17. The summed E-state index contributed by atoms with van der Waals surface area (Å²) in [4.78, 5) is 39.0. The molecule has 2 N–H and O–H groups in total. The standard InChI is InChI=1S/C21H36N2O7/c1-8-9-10-13(2)29-14(3)17(22-20(27)30-21(4,5)6)18(25)23-12-15(24)11-16(23)19(26)28-7/h8,13-17,24H,1,9-12H2,2-7H3,(H,22,27)/t13-,14?,15-,16+,17?/m1/s1. The van der Waals surface area contributed by atoms with Crippen LogP contribution in [0.2, 0.25) is 0 Å². The van der Waals surface area contributed by atoms with E-state index in [2.05, 4.69) is 11.9 Å². The summed E-state index contributed by atoms with van der Waals surface area (Å²) < 4.78 is 16.0. The second-order valence-corrected chi connectivity index (χ2v) is 8.56. The summed E-state index contributed by atoms with van der Waals surface area (Å²) in [7, 11) is 1.22. The van der Waals surface area contributed by atoms with Crippen molar-refractivity contribution in [3.05, 3.63) is 12.7 Å². The molecule has 0 bridgehead atoms. The Bertz CT molecular complexity index is 617. The number of nitrogens with zero attached hydrogens (tertiary/aromatic N) is 1. The SMILES string of the molecule is C=CCC[C@@H](C)OC(C)C(NC(=O)OC(C)(C)C)C(=O)N1C[C@H](O)C[C@H]1C(=O)OC. The summed E-state index contributed by atoms with van der Waals surface area (Å²) in [5, 5.41) is 12.6. The highest BCUT2D eigenvalue weighted by Gasteiger charge is 2.44. The first-order valence-corrected chi connectivity index (χ1v) is 10.2. The Labute approximate surface area is 178 Å². The van der Waals surface area contributed by atoms with E-state index in [0.717, 1.165) is 6.42 Å². The fraction of sp³-hybridized carbons (Fsp3) is 0.762. The summed E-state index contributed by atoms with van der Waals surface area (Å²) in [5.41, 5.74) is -0.753. The van der Waals surface area contributed by atoms with Gasteiger partial charge < -0.3 is 29.5 Å². The maximum absolute atomic E-state index is 13.3. The van der Waals surface area contributed by atoms with Gasteiger partial charge in [0.1, 0.15) is 17.7 Å². The van der Waals surface area contributed by atoms with Crippen LogP contribution in [0.15, 0.2) is 12.7 Å². The van der Waals surface area contributed by atoms with Crippen LogP contribution in [0.25, 0.3) is 0 Å². The van der Waals surface area contributed by atoms with Gasteiger partial charge in [0.2, 0.25) is 5.91 Å². The molecule has 9 heteroatoms. The molecular weight excluding hydrogens is 392 g/mol. The highest BCUT2D eigenvalue weighted by atomic mass is 16.6. The highest BCUT2D eigenvalue weighted by Crippen LogP contribution is 2.22. The second-order valence-electron chi connectivity index (χ2n) is 8.56. The number of aliphatic hydroxyl groups is 1. The Balaban J connectivity index is 3.05. The lowest BCUT2D eigenvalue weighted by molar-refractivity contribution is -0.153. The zero-order valence-corrected chi connectivity index (χ0v) is 18.8. The van der Waals surface area contributed by atoms with Crippen molar-refractivity contribution >= 4 is 18.0 Å². The molecule has 172 valence electrons. The quantitative estimate of drug-likeness (QED) is 0.425. The molecule has 0 radical (unpaired) electrons. The van der Waals surface area contributed by atoms with Crippen molar-refractivity contribution in [3.8, 4) is 0 Å². The molecule has 0 spiro atoms. The van der Waals surface area contributed by atoms with Crippen LogP contribution in [0.3, 0.4) is 0 Å². The number of carbonyl (C=O) groups is 3. The Morgan fingerprint density at radius 1 is 1.30 bits per heavy atom. The third-order valence-corrected chi connectivity index (χ3v) is 4.67. The number of carbonyl (C=O) groups excluding carboxylic acids is 3. The van der Waals surface area contributed by atoms with Crippen LogP contribution < -0.4 is 5.32 Å². The van der Waals surface area contributed by atoms with E-state index >= 15 is 0 Å². The molecule has 1 rings (SSSR count). The van der Waals surface area contributed by atoms with Crippen LogP contribution >= 0.6 is 0 Å². The third kappa shape index (κ3) is 7.95. The molecule has 0 aromatic carbocycles. The molecule has 0 saturated carbocycles. The first-order chi connectivity index (χ1) is 13.9. The lowest BCUT2D eigenvalue weighted by Gasteiger charge is -2.32. The zero-order chi connectivity index (χ0) is 23.1. The summed E-state index contributed by atoms with van der Waals surface area (Å²) in [6.07, 6.45) is 0.771. The number of methoxy groups -OCH3 is 1. The number of amides is 2. The minimum Gasteiger partial charge on any atom is -0.467 e. The normalized spacial score (nSPS) is 22.0. The summed E-state index contributed by atoms with van der Waals surface area (Å²) >= 11 is 0. The van der Waals surface area contributed by atoms with E-state index in [1.165, 1.54) is 12.0 Å². The van der Waals surface area contributed by atoms with Crippen LogP contribution in [0.4, 0.5) is 4.79 Å². The molecule has 1 aliphatic rings. The van der Waals surface area contributed by atoms with Crippen molar-refractivity contribution in [1.82, 2.24) is 10.2 Å². The van der Waals surface area contributed by atoms with E-state index in [1.54, 1.807) is 33.8 Å². The van der Waals surface area contributed by atoms with Gasteiger partial charge in [0, 0.05) is 13.0 Å².